The number of nitriles is 1. The molecular formula is C20H9B3F5N. The zero-order valence-corrected chi connectivity index (χ0v) is 15.0. The summed E-state index contributed by atoms with van der Waals surface area (Å²) in [4.78, 5) is 0. The van der Waals surface area contributed by atoms with Crippen molar-refractivity contribution in [1.82, 2.24) is 0 Å². The third-order valence-corrected chi connectivity index (χ3v) is 4.40. The van der Waals surface area contributed by atoms with Crippen LogP contribution in [0.3, 0.4) is 0 Å². The Balaban J connectivity index is 2.00. The molecule has 3 aromatic rings. The second-order valence-electron chi connectivity index (χ2n) is 6.19. The smallest absolute Gasteiger partial charge is 0.199 e. The first-order chi connectivity index (χ1) is 13.8. The zero-order chi connectivity index (χ0) is 21.3. The van der Waals surface area contributed by atoms with E-state index in [1.165, 1.54) is 25.5 Å². The normalized spacial score (nSPS) is 10.5. The SMILES string of the molecule is [B]c1c(-c2ccc([B]c3c(F)cc([B]C)cc3F)cc2F)cc(F)c(C#N)c1F. The molecule has 3 rings (SSSR count). The minimum absolute atomic E-state index is 0.130. The highest BCUT2D eigenvalue weighted by Crippen LogP contribution is 2.24. The highest BCUT2D eigenvalue weighted by atomic mass is 19.1. The summed E-state index contributed by atoms with van der Waals surface area (Å²) in [5.74, 6) is -5.00. The first-order valence-corrected chi connectivity index (χ1v) is 8.37. The molecule has 0 saturated heterocycles. The van der Waals surface area contributed by atoms with Gasteiger partial charge in [0.15, 0.2) is 7.28 Å². The molecule has 0 fully saturated rings. The molecule has 0 aliphatic heterocycles. The number of benzene rings is 3. The lowest BCUT2D eigenvalue weighted by Crippen LogP contribution is -2.34. The van der Waals surface area contributed by atoms with Gasteiger partial charge in [0.1, 0.15) is 55.8 Å². The molecule has 29 heavy (non-hydrogen) atoms. The van der Waals surface area contributed by atoms with Crippen molar-refractivity contribution < 1.29 is 22.0 Å². The van der Waals surface area contributed by atoms with E-state index < -0.39 is 40.1 Å². The van der Waals surface area contributed by atoms with Crippen molar-refractivity contribution in [3.05, 3.63) is 71.0 Å². The maximum atomic E-state index is 14.6. The van der Waals surface area contributed by atoms with Crippen LogP contribution < -0.4 is 21.9 Å². The van der Waals surface area contributed by atoms with Crippen LogP contribution in [0.5, 0.6) is 0 Å². The Labute approximate surface area is 167 Å². The van der Waals surface area contributed by atoms with Crippen LogP contribution in [0.4, 0.5) is 22.0 Å². The molecular weight excluding hydrogens is 382 g/mol. The van der Waals surface area contributed by atoms with E-state index in [0.29, 0.717) is 5.46 Å². The second kappa shape index (κ2) is 8.16. The molecule has 0 saturated carbocycles. The fraction of sp³-hybridized carbons (Fsp3) is 0.0500. The summed E-state index contributed by atoms with van der Waals surface area (Å²) in [5.41, 5.74) is -1.80. The molecule has 3 aromatic carbocycles. The molecule has 0 aromatic heterocycles. The number of hydrogen-bond acceptors (Lipinski definition) is 1. The van der Waals surface area contributed by atoms with Gasteiger partial charge in [-0.25, -0.2) is 22.0 Å². The summed E-state index contributed by atoms with van der Waals surface area (Å²) in [6, 6.07) is 7.86. The van der Waals surface area contributed by atoms with E-state index in [0.717, 1.165) is 31.5 Å². The molecule has 0 heterocycles. The van der Waals surface area contributed by atoms with Gasteiger partial charge in [0.05, 0.1) is 0 Å². The van der Waals surface area contributed by atoms with Crippen LogP contribution in [0.2, 0.25) is 6.82 Å². The molecule has 0 N–H and O–H groups in total. The van der Waals surface area contributed by atoms with Crippen LogP contribution >= 0.6 is 0 Å². The average molecular weight is 391 g/mol. The number of nitrogens with zero attached hydrogens (tertiary/aromatic N) is 1. The Bertz CT molecular complexity index is 1130. The van der Waals surface area contributed by atoms with Crippen molar-refractivity contribution in [2.75, 3.05) is 0 Å². The predicted molar refractivity (Wildman–Crippen MR) is 104 cm³/mol. The molecule has 0 spiro atoms. The summed E-state index contributed by atoms with van der Waals surface area (Å²) in [5, 5.41) is 8.77. The van der Waals surface area contributed by atoms with Crippen molar-refractivity contribution in [3.63, 3.8) is 0 Å². The maximum absolute atomic E-state index is 14.6. The van der Waals surface area contributed by atoms with E-state index in [1.807, 2.05) is 0 Å². The number of hydrogen-bond donors (Lipinski definition) is 0. The van der Waals surface area contributed by atoms with Crippen molar-refractivity contribution in [2.24, 2.45) is 0 Å². The lowest BCUT2D eigenvalue weighted by Gasteiger charge is -2.12. The van der Waals surface area contributed by atoms with Gasteiger partial charge in [-0.1, -0.05) is 35.3 Å². The van der Waals surface area contributed by atoms with Crippen LogP contribution in [-0.4, -0.2) is 22.4 Å². The number of rotatable bonds is 4. The number of halogens is 5. The Morgan fingerprint density at radius 2 is 1.45 bits per heavy atom. The van der Waals surface area contributed by atoms with Gasteiger partial charge in [0, 0.05) is 5.56 Å². The van der Waals surface area contributed by atoms with E-state index >= 15 is 0 Å². The largest absolute Gasteiger partial charge is 0.208 e. The van der Waals surface area contributed by atoms with Crippen LogP contribution in [0.25, 0.3) is 11.1 Å². The van der Waals surface area contributed by atoms with Crippen molar-refractivity contribution >= 4 is 44.3 Å². The van der Waals surface area contributed by atoms with Gasteiger partial charge in [-0.05, 0) is 35.3 Å². The lowest BCUT2D eigenvalue weighted by atomic mass is 9.62. The van der Waals surface area contributed by atoms with Crippen LogP contribution in [0.15, 0.2) is 36.4 Å². The Hall–Kier alpha value is -3.01. The average Bonchev–Trinajstić information content (AvgIpc) is 2.68. The molecule has 4 radical (unpaired) electrons. The molecule has 1 nitrogen and oxygen atoms in total. The molecule has 0 unspecified atom stereocenters. The molecule has 0 aliphatic rings. The van der Waals surface area contributed by atoms with Crippen LogP contribution in [0.1, 0.15) is 5.56 Å². The van der Waals surface area contributed by atoms with Crippen LogP contribution in [0, 0.1) is 40.4 Å². The minimum atomic E-state index is -1.28. The fourth-order valence-electron chi connectivity index (χ4n) is 2.87. The van der Waals surface area contributed by atoms with Gasteiger partial charge < -0.3 is 0 Å². The monoisotopic (exact) mass is 391 g/mol. The Kier molecular flexibility index (Phi) is 5.83. The molecule has 0 atom stereocenters. The summed E-state index contributed by atoms with van der Waals surface area (Å²) in [6.07, 6.45) is 0. The van der Waals surface area contributed by atoms with E-state index in [9.17, 15) is 22.0 Å². The summed E-state index contributed by atoms with van der Waals surface area (Å²) < 4.78 is 70.8. The third kappa shape index (κ3) is 3.93. The van der Waals surface area contributed by atoms with Crippen molar-refractivity contribution in [1.29, 1.82) is 5.26 Å². The minimum Gasteiger partial charge on any atom is -0.208 e. The van der Waals surface area contributed by atoms with Gasteiger partial charge in [0.2, 0.25) is 0 Å². The third-order valence-electron chi connectivity index (χ3n) is 4.40. The highest BCUT2D eigenvalue weighted by molar-refractivity contribution is 6.67. The Morgan fingerprint density at radius 1 is 0.828 bits per heavy atom. The summed E-state index contributed by atoms with van der Waals surface area (Å²) in [6.45, 7) is 1.63. The second-order valence-corrected chi connectivity index (χ2v) is 6.19. The van der Waals surface area contributed by atoms with Crippen molar-refractivity contribution in [2.45, 2.75) is 6.82 Å². The van der Waals surface area contributed by atoms with Gasteiger partial charge >= 0.3 is 0 Å². The first-order valence-electron chi connectivity index (χ1n) is 8.37. The van der Waals surface area contributed by atoms with Gasteiger partial charge in [-0.3, -0.25) is 0 Å². The maximum Gasteiger partial charge on any atom is 0.199 e. The summed E-state index contributed by atoms with van der Waals surface area (Å²) >= 11 is 0. The molecule has 9 heteroatoms. The van der Waals surface area contributed by atoms with Gasteiger partial charge in [0.25, 0.3) is 0 Å². The van der Waals surface area contributed by atoms with E-state index in [2.05, 4.69) is 0 Å². The van der Waals surface area contributed by atoms with E-state index in [1.54, 1.807) is 6.82 Å². The standard InChI is InChI=1S/C20H9B3F5N/c1-22-10-5-16(26)19(17(27)6-10)23-9-2-3-11(14(24)4-9)12-7-15(25)13(8-29)20(28)18(12)21/h2-7H,1H3. The Morgan fingerprint density at radius 3 is 2.00 bits per heavy atom. The van der Waals surface area contributed by atoms with Gasteiger partial charge in [-0.2, -0.15) is 5.26 Å². The topological polar surface area (TPSA) is 23.8 Å². The highest BCUT2D eigenvalue weighted by Gasteiger charge is 2.19. The first kappa shape index (κ1) is 20.7. The summed E-state index contributed by atoms with van der Waals surface area (Å²) in [7, 11) is 8.23. The molecule has 0 amide bonds. The van der Waals surface area contributed by atoms with Crippen LogP contribution in [-0.2, 0) is 0 Å². The van der Waals surface area contributed by atoms with Crippen molar-refractivity contribution in [3.8, 4) is 17.2 Å². The van der Waals surface area contributed by atoms with E-state index in [-0.39, 0.29) is 22.1 Å². The molecule has 138 valence electrons. The quantitative estimate of drug-likeness (QED) is 0.492. The van der Waals surface area contributed by atoms with E-state index in [4.69, 9.17) is 13.1 Å². The lowest BCUT2D eigenvalue weighted by molar-refractivity contribution is 0.582. The fourth-order valence-corrected chi connectivity index (χ4v) is 2.87. The molecule has 0 aliphatic carbocycles. The predicted octanol–water partition coefficient (Wildman–Crippen LogP) is 1.75. The zero-order valence-electron chi connectivity index (χ0n) is 15.0. The van der Waals surface area contributed by atoms with Gasteiger partial charge in [-0.15, -0.1) is 0 Å². The molecule has 0 bridgehead atoms.